The van der Waals surface area contributed by atoms with Crippen molar-refractivity contribution in [3.05, 3.63) is 47.2 Å². The maximum atomic E-state index is 14.1. The summed E-state index contributed by atoms with van der Waals surface area (Å²) in [5.74, 6) is -0.310. The summed E-state index contributed by atoms with van der Waals surface area (Å²) < 4.78 is 15.4. The molecule has 1 aromatic heterocycles. The summed E-state index contributed by atoms with van der Waals surface area (Å²) in [5.41, 5.74) is 13.2. The molecule has 4 N–H and O–H groups in total. The van der Waals surface area contributed by atoms with Crippen molar-refractivity contribution in [1.82, 2.24) is 20.2 Å². The second-order valence-electron chi connectivity index (χ2n) is 4.33. The summed E-state index contributed by atoms with van der Waals surface area (Å²) in [4.78, 5) is 0. The van der Waals surface area contributed by atoms with Crippen molar-refractivity contribution in [2.24, 2.45) is 0 Å². The monoisotopic (exact) mass is 304 g/mol. The Bertz CT molecular complexity index is 816. The van der Waals surface area contributed by atoms with Crippen molar-refractivity contribution in [3.63, 3.8) is 0 Å². The molecule has 0 atom stereocenters. The first-order valence-corrected chi connectivity index (χ1v) is 6.34. The maximum Gasteiger partial charge on any atom is 0.189 e. The van der Waals surface area contributed by atoms with Crippen molar-refractivity contribution in [3.8, 4) is 17.1 Å². The molecule has 3 aromatic rings. The number of halogens is 2. The molecule has 0 fully saturated rings. The minimum atomic E-state index is -0.610. The topological polar surface area (TPSA) is 95.6 Å². The van der Waals surface area contributed by atoms with Gasteiger partial charge in [0, 0.05) is 16.9 Å². The lowest BCUT2D eigenvalue weighted by Crippen LogP contribution is -2.04. The van der Waals surface area contributed by atoms with Gasteiger partial charge in [-0.25, -0.2) is 4.39 Å². The molecule has 0 unspecified atom stereocenters. The van der Waals surface area contributed by atoms with Gasteiger partial charge in [0.2, 0.25) is 0 Å². The zero-order valence-corrected chi connectivity index (χ0v) is 11.4. The van der Waals surface area contributed by atoms with Crippen molar-refractivity contribution in [2.45, 2.75) is 0 Å². The number of nitrogen functional groups attached to an aromatic ring is 2. The van der Waals surface area contributed by atoms with Crippen LogP contribution in [0.4, 0.5) is 15.8 Å². The van der Waals surface area contributed by atoms with Crippen LogP contribution in [0.25, 0.3) is 17.1 Å². The quantitative estimate of drug-likeness (QED) is 0.708. The summed E-state index contributed by atoms with van der Waals surface area (Å²) in [6.45, 7) is 0. The molecule has 0 saturated heterocycles. The number of nitrogens with two attached hydrogens (primary N) is 2. The Morgan fingerprint density at radius 2 is 1.95 bits per heavy atom. The van der Waals surface area contributed by atoms with Crippen LogP contribution in [-0.2, 0) is 0 Å². The van der Waals surface area contributed by atoms with Crippen LogP contribution in [0.1, 0.15) is 0 Å². The molecule has 106 valence electrons. The Morgan fingerprint density at radius 1 is 1.14 bits per heavy atom. The number of benzene rings is 2. The second-order valence-corrected chi connectivity index (χ2v) is 4.74. The van der Waals surface area contributed by atoms with Crippen molar-refractivity contribution in [1.29, 1.82) is 0 Å². The minimum absolute atomic E-state index is 0.0146. The molecule has 0 aliphatic carbocycles. The van der Waals surface area contributed by atoms with Crippen molar-refractivity contribution < 1.29 is 4.39 Å². The van der Waals surface area contributed by atoms with Gasteiger partial charge in [-0.1, -0.05) is 17.7 Å². The average molecular weight is 305 g/mol. The Hall–Kier alpha value is -2.67. The highest BCUT2D eigenvalue weighted by atomic mass is 35.5. The molecule has 1 heterocycles. The van der Waals surface area contributed by atoms with Gasteiger partial charge in [-0.2, -0.15) is 4.68 Å². The fourth-order valence-corrected chi connectivity index (χ4v) is 2.13. The molecule has 0 bridgehead atoms. The molecule has 0 radical (unpaired) electrons. The van der Waals surface area contributed by atoms with E-state index in [1.807, 2.05) is 0 Å². The van der Waals surface area contributed by atoms with Gasteiger partial charge in [0.05, 0.1) is 5.02 Å². The number of hydrogen-bond acceptors (Lipinski definition) is 5. The van der Waals surface area contributed by atoms with E-state index in [1.54, 1.807) is 24.3 Å². The molecule has 0 aliphatic rings. The van der Waals surface area contributed by atoms with Gasteiger partial charge in [0.25, 0.3) is 0 Å². The lowest BCUT2D eigenvalue weighted by Gasteiger charge is -2.08. The first-order valence-electron chi connectivity index (χ1n) is 5.96. The van der Waals surface area contributed by atoms with E-state index in [2.05, 4.69) is 15.5 Å². The van der Waals surface area contributed by atoms with Gasteiger partial charge in [0.1, 0.15) is 5.69 Å². The lowest BCUT2D eigenvalue weighted by molar-refractivity contribution is 0.608. The van der Waals surface area contributed by atoms with Crippen molar-refractivity contribution >= 4 is 23.0 Å². The highest BCUT2D eigenvalue weighted by molar-refractivity contribution is 6.30. The van der Waals surface area contributed by atoms with E-state index < -0.39 is 5.82 Å². The molecule has 0 spiro atoms. The van der Waals surface area contributed by atoms with E-state index in [4.69, 9.17) is 23.1 Å². The smallest absolute Gasteiger partial charge is 0.189 e. The Labute approximate surface area is 124 Å². The van der Waals surface area contributed by atoms with Crippen LogP contribution in [0.3, 0.4) is 0 Å². The summed E-state index contributed by atoms with van der Waals surface area (Å²) >= 11 is 5.78. The molecular formula is C13H10ClFN6. The Kier molecular flexibility index (Phi) is 3.19. The van der Waals surface area contributed by atoms with Gasteiger partial charge in [-0.3, -0.25) is 0 Å². The molecule has 0 amide bonds. The van der Waals surface area contributed by atoms with Gasteiger partial charge < -0.3 is 11.5 Å². The third-order valence-electron chi connectivity index (χ3n) is 2.95. The fraction of sp³-hybridized carbons (Fsp3) is 0. The molecule has 8 heteroatoms. The average Bonchev–Trinajstić information content (AvgIpc) is 2.91. The molecule has 3 rings (SSSR count). The molecule has 2 aromatic carbocycles. The normalized spacial score (nSPS) is 10.8. The predicted molar refractivity (Wildman–Crippen MR) is 78.4 cm³/mol. The van der Waals surface area contributed by atoms with Crippen molar-refractivity contribution in [2.75, 3.05) is 11.5 Å². The Balaban J connectivity index is 2.20. The number of hydrogen-bond donors (Lipinski definition) is 2. The van der Waals surface area contributed by atoms with E-state index in [0.717, 1.165) is 0 Å². The van der Waals surface area contributed by atoms with E-state index in [0.29, 0.717) is 22.8 Å². The summed E-state index contributed by atoms with van der Waals surface area (Å²) in [5, 5.41) is 11.3. The van der Waals surface area contributed by atoms with E-state index in [9.17, 15) is 4.39 Å². The minimum Gasteiger partial charge on any atom is -0.399 e. The summed E-state index contributed by atoms with van der Waals surface area (Å²) in [6.07, 6.45) is 0. The SMILES string of the molecule is Nc1ccc(-c2nnnn2-c2cccc(Cl)c2F)c(N)c1. The molecule has 0 aliphatic heterocycles. The predicted octanol–water partition coefficient (Wildman–Crippen LogP) is 2.29. The highest BCUT2D eigenvalue weighted by Gasteiger charge is 2.17. The van der Waals surface area contributed by atoms with Gasteiger partial charge in [-0.05, 0) is 40.8 Å². The number of nitrogens with zero attached hydrogens (tertiary/aromatic N) is 4. The van der Waals surface area contributed by atoms with Crippen LogP contribution in [0, 0.1) is 5.82 Å². The number of anilines is 2. The maximum absolute atomic E-state index is 14.1. The van der Waals surface area contributed by atoms with E-state index in [1.165, 1.54) is 16.8 Å². The van der Waals surface area contributed by atoms with Gasteiger partial charge in [-0.15, -0.1) is 5.10 Å². The van der Waals surface area contributed by atoms with E-state index >= 15 is 0 Å². The third-order valence-corrected chi connectivity index (χ3v) is 3.24. The molecule has 21 heavy (non-hydrogen) atoms. The van der Waals surface area contributed by atoms with E-state index in [-0.39, 0.29) is 10.7 Å². The van der Waals surface area contributed by atoms with Gasteiger partial charge in [0.15, 0.2) is 11.6 Å². The number of rotatable bonds is 2. The highest BCUT2D eigenvalue weighted by Crippen LogP contribution is 2.29. The van der Waals surface area contributed by atoms with Gasteiger partial charge >= 0.3 is 0 Å². The zero-order chi connectivity index (χ0) is 15.0. The number of tetrazole rings is 1. The Morgan fingerprint density at radius 3 is 2.71 bits per heavy atom. The second kappa shape index (κ2) is 5.02. The fourth-order valence-electron chi connectivity index (χ4n) is 1.96. The summed E-state index contributed by atoms with van der Waals surface area (Å²) in [6, 6.07) is 9.51. The number of aromatic nitrogens is 4. The first-order chi connectivity index (χ1) is 10.1. The zero-order valence-electron chi connectivity index (χ0n) is 10.7. The molecular weight excluding hydrogens is 295 g/mol. The molecule has 6 nitrogen and oxygen atoms in total. The first kappa shape index (κ1) is 13.3. The molecule has 0 saturated carbocycles. The lowest BCUT2D eigenvalue weighted by atomic mass is 10.1. The van der Waals surface area contributed by atoms with Crippen LogP contribution in [0.5, 0.6) is 0 Å². The van der Waals surface area contributed by atoms with Crippen LogP contribution in [0.15, 0.2) is 36.4 Å². The standard InChI is InChI=1S/C13H10ClFN6/c14-9-2-1-3-11(12(9)15)21-13(18-19-20-21)8-5-4-7(16)6-10(8)17/h1-6H,16-17H2. The largest absolute Gasteiger partial charge is 0.399 e. The van der Waals surface area contributed by atoms with Crippen LogP contribution in [-0.4, -0.2) is 20.2 Å². The summed E-state index contributed by atoms with van der Waals surface area (Å²) in [7, 11) is 0. The van der Waals surface area contributed by atoms with Crippen LogP contribution >= 0.6 is 11.6 Å². The van der Waals surface area contributed by atoms with Crippen LogP contribution < -0.4 is 11.5 Å². The van der Waals surface area contributed by atoms with Crippen LogP contribution in [0.2, 0.25) is 5.02 Å². The third kappa shape index (κ3) is 2.27.